The molecule has 0 aliphatic carbocycles. The third kappa shape index (κ3) is 4.31. The molecule has 2 heteroatoms. The molecule has 0 aliphatic rings. The second kappa shape index (κ2) is 2.54. The minimum absolute atomic E-state index is 0.565. The van der Waals surface area contributed by atoms with Crippen LogP contribution in [0.3, 0.4) is 0 Å². The topological polar surface area (TPSA) is 19.9 Å². The highest BCUT2D eigenvalue weighted by Crippen LogP contribution is 1.91. The second-order valence-corrected chi connectivity index (χ2v) is 1.36. The fourth-order valence-electron chi connectivity index (χ4n) is 0. The summed E-state index contributed by atoms with van der Waals surface area (Å²) in [5, 5.41) is 9.71. The van der Waals surface area contributed by atoms with E-state index in [0.717, 1.165) is 0 Å². The summed E-state index contributed by atoms with van der Waals surface area (Å²) in [6.07, 6.45) is 0.565. The van der Waals surface area contributed by atoms with Gasteiger partial charge in [-0.3, -0.25) is 0 Å². The third-order valence-electron chi connectivity index (χ3n) is 0.333. The molecule has 1 unspecified atom stereocenters. The molecule has 0 aromatic rings. The van der Waals surface area contributed by atoms with Crippen LogP contribution in [-0.4, -0.2) is 5.44 Å². The summed E-state index contributed by atoms with van der Waals surface area (Å²) >= 11 is 4.22. The second-order valence-electron chi connectivity index (χ2n) is 0.838. The normalized spacial score (nSPS) is 15.0. The van der Waals surface area contributed by atoms with Crippen molar-refractivity contribution >= 4 is 12.6 Å². The number of rotatable bonds is 1. The molecule has 0 bridgehead atoms. The first-order chi connectivity index (χ1) is 2.27. The van der Waals surface area contributed by atoms with Gasteiger partial charge in [0, 0.05) is 0 Å². The Morgan fingerprint density at radius 2 is 2.20 bits per heavy atom. The molecule has 0 fully saturated rings. The molecule has 0 saturated heterocycles. The van der Waals surface area contributed by atoms with Crippen LogP contribution in [0.15, 0.2) is 0 Å². The zero-order valence-corrected chi connectivity index (χ0v) is 3.92. The molecule has 0 N–H and O–H groups in total. The van der Waals surface area contributed by atoms with E-state index in [1.54, 1.807) is 6.92 Å². The number of hydrogen-bond acceptors (Lipinski definition) is 0. The van der Waals surface area contributed by atoms with E-state index in [1.807, 2.05) is 0 Å². The number of hydrogen-bond donors (Lipinski definition) is 0. The van der Waals surface area contributed by atoms with Gasteiger partial charge in [0.05, 0.1) is 0 Å². The molecular formula is C3H6OS. The van der Waals surface area contributed by atoms with Crippen molar-refractivity contribution < 1.29 is 5.11 Å². The molecule has 0 heterocycles. The van der Waals surface area contributed by atoms with E-state index in [0.29, 0.717) is 6.42 Å². The largest absolute Gasteiger partial charge is 0.220 e. The monoisotopic (exact) mass is 90.0 g/mol. The average molecular weight is 90.1 g/mol. The average Bonchev–Trinajstić information content (AvgIpc) is 1.38. The van der Waals surface area contributed by atoms with Gasteiger partial charge < -0.3 is 0 Å². The van der Waals surface area contributed by atoms with Gasteiger partial charge in [-0.15, -0.1) is 0 Å². The van der Waals surface area contributed by atoms with Crippen LogP contribution in [0.4, 0.5) is 0 Å². The highest BCUT2D eigenvalue weighted by molar-refractivity contribution is 7.80. The smallest absolute Gasteiger partial charge is 0.148 e. The van der Waals surface area contributed by atoms with Gasteiger partial charge in [0.25, 0.3) is 0 Å². The van der Waals surface area contributed by atoms with E-state index in [9.17, 15) is 5.11 Å². The first-order valence-electron chi connectivity index (χ1n) is 1.59. The van der Waals surface area contributed by atoms with Crippen molar-refractivity contribution in [1.29, 1.82) is 0 Å². The Bertz CT molecular complexity index is 20.9. The van der Waals surface area contributed by atoms with Crippen molar-refractivity contribution in [2.45, 2.75) is 18.8 Å². The molecule has 0 aromatic carbocycles. The van der Waals surface area contributed by atoms with Crippen molar-refractivity contribution in [2.24, 2.45) is 0 Å². The molecule has 1 nitrogen and oxygen atoms in total. The van der Waals surface area contributed by atoms with Crippen LogP contribution in [0.25, 0.3) is 0 Å². The maximum Gasteiger partial charge on any atom is 0.148 e. The molecule has 0 rings (SSSR count). The van der Waals surface area contributed by atoms with E-state index >= 15 is 0 Å². The lowest BCUT2D eigenvalue weighted by atomic mass is 10.5. The molecule has 2 radical (unpaired) electrons. The van der Waals surface area contributed by atoms with Crippen LogP contribution in [0, 0.1) is 0 Å². The molecule has 5 heavy (non-hydrogen) atoms. The molecule has 0 aliphatic heterocycles. The standard InChI is InChI=1S/C3H6OS/c1-2-3(4)5/h3H,2H2,1H3. The molecule has 0 aromatic heterocycles. The molecular weight excluding hydrogens is 84.1 g/mol. The van der Waals surface area contributed by atoms with E-state index in [1.165, 1.54) is 0 Å². The van der Waals surface area contributed by atoms with Gasteiger partial charge in [-0.05, 0) is 6.42 Å². The summed E-state index contributed by atoms with van der Waals surface area (Å²) < 4.78 is 0. The molecule has 0 spiro atoms. The van der Waals surface area contributed by atoms with Gasteiger partial charge >= 0.3 is 0 Å². The molecule has 0 amide bonds. The fraction of sp³-hybridized carbons (Fsp3) is 1.00. The Hall–Kier alpha value is 0.310. The van der Waals surface area contributed by atoms with E-state index in [-0.39, 0.29) is 0 Å². The summed E-state index contributed by atoms with van der Waals surface area (Å²) in [4.78, 5) is 0. The van der Waals surface area contributed by atoms with Crippen molar-refractivity contribution in [3.8, 4) is 0 Å². The van der Waals surface area contributed by atoms with Crippen molar-refractivity contribution in [1.82, 2.24) is 0 Å². The van der Waals surface area contributed by atoms with Gasteiger partial charge in [0.1, 0.15) is 5.44 Å². The highest BCUT2D eigenvalue weighted by Gasteiger charge is 1.87. The SMILES string of the molecule is CCC([O])[S]. The fourth-order valence-corrected chi connectivity index (χ4v) is 0. The zero-order chi connectivity index (χ0) is 4.28. The van der Waals surface area contributed by atoms with Crippen LogP contribution in [0.2, 0.25) is 0 Å². The Morgan fingerprint density at radius 3 is 2.20 bits per heavy atom. The van der Waals surface area contributed by atoms with Crippen molar-refractivity contribution in [3.05, 3.63) is 0 Å². The molecule has 30 valence electrons. The maximum absolute atomic E-state index is 9.71. The van der Waals surface area contributed by atoms with E-state index in [4.69, 9.17) is 0 Å². The van der Waals surface area contributed by atoms with Crippen LogP contribution in [0.1, 0.15) is 13.3 Å². The lowest BCUT2D eigenvalue weighted by Gasteiger charge is -1.83. The lowest BCUT2D eigenvalue weighted by Crippen LogP contribution is -1.85. The Morgan fingerprint density at radius 1 is 2.00 bits per heavy atom. The predicted octanol–water partition coefficient (Wildman–Crippen LogP) is 1.35. The van der Waals surface area contributed by atoms with Gasteiger partial charge in [-0.25, -0.2) is 5.11 Å². The van der Waals surface area contributed by atoms with Gasteiger partial charge in [0.2, 0.25) is 0 Å². The Balaban J connectivity index is 2.54. The van der Waals surface area contributed by atoms with Crippen LogP contribution in [-0.2, 0) is 5.11 Å². The maximum atomic E-state index is 9.71. The van der Waals surface area contributed by atoms with Gasteiger partial charge in [-0.2, -0.15) is 0 Å². The van der Waals surface area contributed by atoms with Gasteiger partial charge in [-0.1, -0.05) is 19.6 Å². The summed E-state index contributed by atoms with van der Waals surface area (Å²) in [5.41, 5.74) is -0.782. The summed E-state index contributed by atoms with van der Waals surface area (Å²) in [7, 11) is 0. The van der Waals surface area contributed by atoms with Crippen molar-refractivity contribution in [2.75, 3.05) is 0 Å². The van der Waals surface area contributed by atoms with Crippen LogP contribution < -0.4 is 0 Å². The van der Waals surface area contributed by atoms with Gasteiger partial charge in [0.15, 0.2) is 0 Å². The Kier molecular flexibility index (Phi) is 2.70. The predicted molar refractivity (Wildman–Crippen MR) is 22.4 cm³/mol. The minimum atomic E-state index is -0.782. The Labute approximate surface area is 37.4 Å². The zero-order valence-electron chi connectivity index (χ0n) is 3.10. The molecule has 1 atom stereocenters. The lowest BCUT2D eigenvalue weighted by molar-refractivity contribution is 0.164. The van der Waals surface area contributed by atoms with Crippen LogP contribution in [0.5, 0.6) is 0 Å². The minimum Gasteiger partial charge on any atom is -0.220 e. The quantitative estimate of drug-likeness (QED) is 0.463. The summed E-state index contributed by atoms with van der Waals surface area (Å²) in [6, 6.07) is 0. The van der Waals surface area contributed by atoms with E-state index in [2.05, 4.69) is 12.6 Å². The first-order valence-corrected chi connectivity index (χ1v) is 2.06. The summed E-state index contributed by atoms with van der Waals surface area (Å²) in [5.74, 6) is 0. The molecule has 0 saturated carbocycles. The van der Waals surface area contributed by atoms with Crippen LogP contribution >= 0.6 is 12.6 Å². The summed E-state index contributed by atoms with van der Waals surface area (Å²) in [6.45, 7) is 1.78. The first kappa shape index (κ1) is 5.31. The highest BCUT2D eigenvalue weighted by atomic mass is 32.1. The van der Waals surface area contributed by atoms with Crippen molar-refractivity contribution in [3.63, 3.8) is 0 Å². The third-order valence-corrected chi connectivity index (χ3v) is 0.667. The van der Waals surface area contributed by atoms with E-state index < -0.39 is 5.44 Å².